The molecule has 3 saturated carbocycles. The highest BCUT2D eigenvalue weighted by Gasteiger charge is 2.59. The van der Waals surface area contributed by atoms with Crippen LogP contribution in [0.5, 0.6) is 11.5 Å². The van der Waals surface area contributed by atoms with Gasteiger partial charge >= 0.3 is 5.97 Å². The lowest BCUT2D eigenvalue weighted by Crippen LogP contribution is -2.55. The molecule has 4 aliphatic rings. The summed E-state index contributed by atoms with van der Waals surface area (Å²) >= 11 is 1.48. The summed E-state index contributed by atoms with van der Waals surface area (Å²) < 4.78 is 0. The summed E-state index contributed by atoms with van der Waals surface area (Å²) in [6.45, 7) is 10.0. The first-order valence-corrected chi connectivity index (χ1v) is 12.8. The van der Waals surface area contributed by atoms with Gasteiger partial charge in [0.05, 0.1) is 0 Å². The fourth-order valence-corrected chi connectivity index (χ4v) is 7.26. The van der Waals surface area contributed by atoms with Gasteiger partial charge in [-0.05, 0) is 61.5 Å². The lowest BCUT2D eigenvalue weighted by molar-refractivity contribution is -0.136. The molecule has 1 aromatic rings. The average molecular weight is 498 g/mol. The minimum Gasteiger partial charge on any atom is -0.506 e. The maximum Gasteiger partial charge on any atom is 0.339 e. The van der Waals surface area contributed by atoms with Gasteiger partial charge in [-0.1, -0.05) is 31.2 Å². The van der Waals surface area contributed by atoms with Gasteiger partial charge in [-0.15, -0.1) is 18.3 Å². The summed E-state index contributed by atoms with van der Waals surface area (Å²) in [6.07, 6.45) is 8.02. The largest absolute Gasteiger partial charge is 0.506 e. The van der Waals surface area contributed by atoms with Crippen LogP contribution in [0.1, 0.15) is 55.8 Å². The molecule has 1 amide bonds. The van der Waals surface area contributed by atoms with Gasteiger partial charge in [0.15, 0.2) is 11.5 Å². The quantitative estimate of drug-likeness (QED) is 0.285. The van der Waals surface area contributed by atoms with Gasteiger partial charge in [-0.25, -0.2) is 4.79 Å². The Morgan fingerprint density at radius 3 is 2.71 bits per heavy atom. The van der Waals surface area contributed by atoms with Crippen LogP contribution in [0.2, 0.25) is 0 Å². The van der Waals surface area contributed by atoms with Gasteiger partial charge in [-0.3, -0.25) is 9.59 Å². The Hall–Kier alpha value is -3.00. The van der Waals surface area contributed by atoms with Crippen molar-refractivity contribution >= 4 is 35.1 Å². The first kappa shape index (κ1) is 25.1. The molecule has 5 rings (SSSR count). The first-order valence-electron chi connectivity index (χ1n) is 11.8. The van der Waals surface area contributed by atoms with Gasteiger partial charge in [0.2, 0.25) is 5.91 Å². The lowest BCUT2D eigenvalue weighted by Gasteiger charge is -2.59. The van der Waals surface area contributed by atoms with E-state index < -0.39 is 34.4 Å². The standard InChI is InChI=1S/C27H31NO6S/c1-4-11-35-19-14-27-10-7-16(15(2)13-27)12-20(27)26(3,24(19)32)9-8-21(30)28-22-18(29)6-5-17(23(22)31)25(33)34/h4-6,14,16,20,29,31H,1-2,7-13H2,3H3,(H,28,30)(H,33,34)/t16-,20+,26+,27-/m1/s1. The molecule has 1 spiro atoms. The number of carbonyl (C=O) groups is 3. The Labute approximate surface area is 209 Å². The molecule has 0 aliphatic heterocycles. The van der Waals surface area contributed by atoms with Gasteiger partial charge in [-0.2, -0.15) is 0 Å². The van der Waals surface area contributed by atoms with E-state index in [0.717, 1.165) is 42.7 Å². The van der Waals surface area contributed by atoms with Crippen LogP contribution in [-0.2, 0) is 9.59 Å². The topological polar surface area (TPSA) is 124 Å². The fourth-order valence-electron chi connectivity index (χ4n) is 6.28. The molecule has 3 fully saturated rings. The maximum atomic E-state index is 13.7. The van der Waals surface area contributed by atoms with E-state index in [4.69, 9.17) is 0 Å². The van der Waals surface area contributed by atoms with Gasteiger partial charge < -0.3 is 20.6 Å². The second-order valence-corrected chi connectivity index (χ2v) is 11.2. The summed E-state index contributed by atoms with van der Waals surface area (Å²) in [4.78, 5) is 38.6. The number of carboxylic acids is 1. The van der Waals surface area contributed by atoms with E-state index in [1.54, 1.807) is 6.08 Å². The fraction of sp³-hybridized carbons (Fsp3) is 0.444. The number of fused-ring (bicyclic) bond motifs is 2. The zero-order valence-corrected chi connectivity index (χ0v) is 20.6. The van der Waals surface area contributed by atoms with Crippen LogP contribution in [0.15, 0.2) is 47.9 Å². The number of anilines is 1. The zero-order valence-electron chi connectivity index (χ0n) is 19.8. The molecule has 4 aliphatic carbocycles. The predicted octanol–water partition coefficient (Wildman–Crippen LogP) is 5.27. The van der Waals surface area contributed by atoms with Crippen molar-refractivity contribution in [3.05, 3.63) is 53.5 Å². The second kappa shape index (κ2) is 9.22. The smallest absolute Gasteiger partial charge is 0.339 e. The molecule has 4 N–H and O–H groups in total. The number of ketones is 1. The molecule has 4 atom stereocenters. The molecule has 0 heterocycles. The van der Waals surface area contributed by atoms with Crippen molar-refractivity contribution in [2.24, 2.45) is 22.7 Å². The monoisotopic (exact) mass is 497 g/mol. The van der Waals surface area contributed by atoms with Crippen LogP contribution in [0.25, 0.3) is 0 Å². The van der Waals surface area contributed by atoms with E-state index in [9.17, 15) is 29.7 Å². The Balaban J connectivity index is 1.58. The maximum absolute atomic E-state index is 13.7. The van der Waals surface area contributed by atoms with Crippen molar-refractivity contribution in [3.63, 3.8) is 0 Å². The summed E-state index contributed by atoms with van der Waals surface area (Å²) in [5.74, 6) is -1.87. The van der Waals surface area contributed by atoms with Crippen molar-refractivity contribution in [2.45, 2.75) is 45.4 Å². The summed E-state index contributed by atoms with van der Waals surface area (Å²) in [5.41, 5.74) is -0.415. The molecule has 7 nitrogen and oxygen atoms in total. The van der Waals surface area contributed by atoms with E-state index in [1.165, 1.54) is 17.3 Å². The summed E-state index contributed by atoms with van der Waals surface area (Å²) in [5, 5.41) is 32.0. The third-order valence-electron chi connectivity index (χ3n) is 8.11. The number of hydrogen-bond donors (Lipinski definition) is 4. The number of aromatic carboxylic acids is 1. The van der Waals surface area contributed by atoms with Crippen molar-refractivity contribution in [2.75, 3.05) is 11.1 Å². The SMILES string of the molecule is C=CCSC1=C[C@]23CC[C@H](C[C@H]2[C@](C)(CCC(=O)Nc2c(O)ccc(C(=O)O)c2O)C1=O)C(=C)C3. The van der Waals surface area contributed by atoms with Crippen LogP contribution >= 0.6 is 11.8 Å². The number of phenols is 2. The van der Waals surface area contributed by atoms with Crippen LogP contribution in [0.4, 0.5) is 5.69 Å². The number of Topliss-reactive ketones (excluding diaryl/α,β-unsaturated/α-hetero) is 1. The molecule has 0 saturated heterocycles. The lowest BCUT2D eigenvalue weighted by atomic mass is 9.44. The van der Waals surface area contributed by atoms with E-state index in [0.29, 0.717) is 18.1 Å². The molecule has 0 radical (unpaired) electrons. The molecule has 186 valence electrons. The van der Waals surface area contributed by atoms with Crippen molar-refractivity contribution in [1.29, 1.82) is 0 Å². The molecule has 2 bridgehead atoms. The van der Waals surface area contributed by atoms with Crippen LogP contribution in [-0.4, -0.2) is 38.7 Å². The molecule has 0 aromatic heterocycles. The van der Waals surface area contributed by atoms with Crippen molar-refractivity contribution in [3.8, 4) is 11.5 Å². The molecule has 1 aromatic carbocycles. The molecule has 8 heteroatoms. The minimum absolute atomic E-state index is 0.0178. The van der Waals surface area contributed by atoms with Gasteiger partial charge in [0, 0.05) is 22.5 Å². The van der Waals surface area contributed by atoms with Crippen molar-refractivity contribution in [1.82, 2.24) is 0 Å². The number of hydrogen-bond acceptors (Lipinski definition) is 6. The number of phenolic OH excluding ortho intramolecular Hbond substituents is 1. The highest BCUT2D eigenvalue weighted by atomic mass is 32.2. The highest BCUT2D eigenvalue weighted by Crippen LogP contribution is 2.65. The van der Waals surface area contributed by atoms with Crippen LogP contribution in [0, 0.1) is 22.7 Å². The normalized spacial score (nSPS) is 29.3. The van der Waals surface area contributed by atoms with Crippen LogP contribution in [0.3, 0.4) is 0 Å². The predicted molar refractivity (Wildman–Crippen MR) is 135 cm³/mol. The number of thioether (sulfide) groups is 1. The second-order valence-electron chi connectivity index (χ2n) is 10.2. The van der Waals surface area contributed by atoms with Gasteiger partial charge in [0.25, 0.3) is 0 Å². The highest BCUT2D eigenvalue weighted by molar-refractivity contribution is 8.04. The number of aromatic hydroxyl groups is 2. The number of carboxylic acid groups (broad SMARTS) is 1. The number of nitrogens with one attached hydrogen (secondary N) is 1. The Morgan fingerprint density at radius 2 is 2.06 bits per heavy atom. The average Bonchev–Trinajstić information content (AvgIpc) is 2.81. The molecule has 35 heavy (non-hydrogen) atoms. The van der Waals surface area contributed by atoms with Crippen LogP contribution < -0.4 is 5.32 Å². The number of carbonyl (C=O) groups excluding carboxylic acids is 2. The molecular weight excluding hydrogens is 466 g/mol. The number of allylic oxidation sites excluding steroid dienone is 3. The first-order chi connectivity index (χ1) is 16.5. The third-order valence-corrected chi connectivity index (χ3v) is 9.13. The van der Waals surface area contributed by atoms with E-state index >= 15 is 0 Å². The number of amides is 1. The van der Waals surface area contributed by atoms with Gasteiger partial charge in [0.1, 0.15) is 17.0 Å². The Bertz CT molecular complexity index is 1160. The summed E-state index contributed by atoms with van der Waals surface area (Å²) in [7, 11) is 0. The van der Waals surface area contributed by atoms with Crippen molar-refractivity contribution < 1.29 is 29.7 Å². The molecular formula is C27H31NO6S. The zero-order chi connectivity index (χ0) is 25.5. The number of rotatable bonds is 8. The van der Waals surface area contributed by atoms with E-state index in [-0.39, 0.29) is 29.2 Å². The summed E-state index contributed by atoms with van der Waals surface area (Å²) in [6, 6.07) is 2.17. The Morgan fingerprint density at radius 1 is 1.31 bits per heavy atom. The third kappa shape index (κ3) is 4.29. The number of benzene rings is 1. The van der Waals surface area contributed by atoms with E-state index in [2.05, 4.69) is 24.6 Å². The Kier molecular flexibility index (Phi) is 6.62. The minimum atomic E-state index is -1.38. The van der Waals surface area contributed by atoms with E-state index in [1.807, 2.05) is 6.92 Å². The molecule has 0 unspecified atom stereocenters.